The molecule has 14 nitrogen and oxygen atoms in total. The van der Waals surface area contributed by atoms with Gasteiger partial charge in [-0.3, -0.25) is 9.59 Å². The number of ketones is 1. The summed E-state index contributed by atoms with van der Waals surface area (Å²) in [6, 6.07) is 14.2. The van der Waals surface area contributed by atoms with Gasteiger partial charge in [0.15, 0.2) is 11.6 Å². The number of amides is 3. The predicted molar refractivity (Wildman–Crippen MR) is 184 cm³/mol. The highest BCUT2D eigenvalue weighted by Crippen LogP contribution is 2.40. The Bertz CT molecular complexity index is 2300. The molecule has 5 aromatic rings. The molecule has 0 aliphatic carbocycles. The summed E-state index contributed by atoms with van der Waals surface area (Å²) >= 11 is 0. The molecule has 2 aromatic heterocycles. The Labute approximate surface area is 294 Å². The number of alkyl halides is 2. The smallest absolute Gasteiger partial charge is 0.332 e. The van der Waals surface area contributed by atoms with E-state index in [1.807, 2.05) is 0 Å². The Hall–Kier alpha value is -5.88. The molecule has 2 fully saturated rings. The van der Waals surface area contributed by atoms with E-state index in [2.05, 4.69) is 15.2 Å². The van der Waals surface area contributed by atoms with E-state index in [9.17, 15) is 36.0 Å². The van der Waals surface area contributed by atoms with Crippen LogP contribution in [0.4, 0.5) is 29.5 Å². The highest BCUT2D eigenvalue weighted by Gasteiger charge is 2.49. The Kier molecular flexibility index (Phi) is 9.69. The normalized spacial score (nSPS) is 15.6. The van der Waals surface area contributed by atoms with E-state index >= 15 is 0 Å². The summed E-state index contributed by atoms with van der Waals surface area (Å²) in [7, 11) is -3.17. The number of nitrogens with zero attached hydrogens (tertiary/aromatic N) is 4. The molecular formula is C34H32F3N7O7S. The largest absolute Gasteiger partial charge is 0.485 e. The van der Waals surface area contributed by atoms with Crippen LogP contribution in [0.25, 0.3) is 16.6 Å². The van der Waals surface area contributed by atoms with Gasteiger partial charge in [0.1, 0.15) is 30.0 Å². The van der Waals surface area contributed by atoms with E-state index in [1.165, 1.54) is 46.1 Å². The average molecular weight is 740 g/mol. The first kappa shape index (κ1) is 35.9. The van der Waals surface area contributed by atoms with Crippen molar-refractivity contribution in [3.05, 3.63) is 89.5 Å². The number of fused-ring (bicyclic) bond motifs is 2. The lowest BCUT2D eigenvalue weighted by Gasteiger charge is -2.19. The number of sulfonamides is 1. The number of nitrogens with two attached hydrogens (primary N) is 2. The summed E-state index contributed by atoms with van der Waals surface area (Å²) in [4.78, 5) is 45.4. The lowest BCUT2D eigenvalue weighted by Crippen LogP contribution is -2.33. The number of hydrogen-bond donors (Lipinski definition) is 3. The van der Waals surface area contributed by atoms with Crippen LogP contribution in [0.1, 0.15) is 34.5 Å². The average Bonchev–Trinajstić information content (AvgIpc) is 3.85. The summed E-state index contributed by atoms with van der Waals surface area (Å²) in [5, 5.41) is 9.07. The third kappa shape index (κ3) is 7.28. The van der Waals surface area contributed by atoms with E-state index in [-0.39, 0.29) is 34.3 Å². The zero-order valence-corrected chi connectivity index (χ0v) is 28.5. The van der Waals surface area contributed by atoms with E-state index in [0.29, 0.717) is 47.3 Å². The van der Waals surface area contributed by atoms with Crippen molar-refractivity contribution in [1.82, 2.24) is 19.7 Å². The van der Waals surface area contributed by atoms with Crippen LogP contribution in [0.3, 0.4) is 0 Å². The summed E-state index contributed by atoms with van der Waals surface area (Å²) in [5.74, 6) is -1.05. The molecule has 7 rings (SSSR count). The second kappa shape index (κ2) is 14.0. The first-order chi connectivity index (χ1) is 24.6. The van der Waals surface area contributed by atoms with Gasteiger partial charge in [-0.05, 0) is 73.9 Å². The van der Waals surface area contributed by atoms with Gasteiger partial charge in [-0.25, -0.2) is 41.1 Å². The topological polar surface area (TPSA) is 196 Å². The first-order valence-electron chi connectivity index (χ1n) is 15.7. The van der Waals surface area contributed by atoms with Gasteiger partial charge in [-0.1, -0.05) is 12.1 Å². The number of aryl methyl sites for hydroxylation is 1. The van der Waals surface area contributed by atoms with Crippen LogP contribution in [0.15, 0.2) is 66.9 Å². The van der Waals surface area contributed by atoms with Crippen LogP contribution in [0.2, 0.25) is 0 Å². The fourth-order valence-corrected chi connectivity index (χ4v) is 6.01. The highest BCUT2D eigenvalue weighted by molar-refractivity contribution is 7.88. The monoisotopic (exact) mass is 739 g/mol. The molecule has 4 heterocycles. The summed E-state index contributed by atoms with van der Waals surface area (Å²) < 4.78 is 71.5. The molecule has 272 valence electrons. The summed E-state index contributed by atoms with van der Waals surface area (Å²) in [6.07, 6.45) is 0.670. The van der Waals surface area contributed by atoms with Crippen molar-refractivity contribution in [2.75, 3.05) is 30.0 Å². The number of aromatic nitrogens is 3. The number of nitrogens with one attached hydrogen (secondary N) is 1. The number of carbonyl (C=O) groups is 3. The van der Waals surface area contributed by atoms with Gasteiger partial charge in [-0.15, -0.1) is 0 Å². The molecule has 2 aliphatic heterocycles. The Morgan fingerprint density at radius 1 is 1.08 bits per heavy atom. The lowest BCUT2D eigenvalue weighted by atomic mass is 10.1. The molecule has 1 atom stereocenters. The third-order valence-corrected chi connectivity index (χ3v) is 8.26. The Balaban J connectivity index is 0.000000870. The number of hydrogen-bond acceptors (Lipinski definition) is 9. The molecule has 0 saturated carbocycles. The molecule has 2 aliphatic rings. The van der Waals surface area contributed by atoms with Gasteiger partial charge in [0.2, 0.25) is 15.8 Å². The Morgan fingerprint density at radius 2 is 1.81 bits per heavy atom. The molecule has 0 radical (unpaired) electrons. The van der Waals surface area contributed by atoms with Crippen LogP contribution in [0, 0.1) is 12.7 Å². The maximum atomic E-state index is 14.1. The van der Waals surface area contributed by atoms with Gasteiger partial charge in [0.05, 0.1) is 35.1 Å². The van der Waals surface area contributed by atoms with Crippen molar-refractivity contribution in [3.8, 4) is 22.9 Å². The van der Waals surface area contributed by atoms with Crippen molar-refractivity contribution in [3.63, 3.8) is 0 Å². The molecule has 18 heteroatoms. The van der Waals surface area contributed by atoms with Crippen molar-refractivity contribution in [1.29, 1.82) is 0 Å². The molecule has 3 aromatic carbocycles. The SMILES string of the molecule is CS(N)(=O)=O.Cc1cc(Oc2ccccc2F)ccc1-n1ncc(C(=O)c2cc3cc(OCC(F)F)c(N4C(=O)[C@@H]5CCCN5C4=O)cc3[nH]2)c1N. The molecule has 3 amide bonds. The zero-order valence-electron chi connectivity index (χ0n) is 27.7. The van der Waals surface area contributed by atoms with E-state index < -0.39 is 52.6 Å². The van der Waals surface area contributed by atoms with Gasteiger partial charge < -0.3 is 25.1 Å². The first-order valence-corrected chi connectivity index (χ1v) is 17.7. The van der Waals surface area contributed by atoms with Gasteiger partial charge >= 0.3 is 6.03 Å². The van der Waals surface area contributed by atoms with Crippen LogP contribution < -0.4 is 25.2 Å². The minimum atomic E-state index is -3.17. The maximum absolute atomic E-state index is 14.1. The van der Waals surface area contributed by atoms with Gasteiger partial charge in [0, 0.05) is 17.4 Å². The van der Waals surface area contributed by atoms with Gasteiger partial charge in [-0.2, -0.15) is 5.10 Å². The van der Waals surface area contributed by atoms with E-state index in [0.717, 1.165) is 11.2 Å². The number of aromatic amines is 1. The molecule has 0 bridgehead atoms. The number of imide groups is 1. The number of rotatable bonds is 9. The van der Waals surface area contributed by atoms with E-state index in [4.69, 9.17) is 15.2 Å². The number of primary sulfonamides is 1. The molecular weight excluding hydrogens is 707 g/mol. The second-order valence-electron chi connectivity index (χ2n) is 12.1. The van der Waals surface area contributed by atoms with Crippen LogP contribution in [-0.2, 0) is 14.8 Å². The number of benzene rings is 3. The third-order valence-electron chi connectivity index (χ3n) is 8.26. The Morgan fingerprint density at radius 3 is 2.48 bits per heavy atom. The standard InChI is InChI=1S/C33H27F3N6O5.CH5NO2S/c1-17-11-19(47-27-7-3-2-5-21(27)34)8-9-24(17)42-31(37)20(15-38-42)30(43)23-12-18-13-28(46-16-29(35)36)26(14-22(18)39-23)41-32(44)25-6-4-10-40(25)33(41)45;1-5(2,3)4/h2-3,5,7-9,11-15,25,29,39H,4,6,10,16,37H2,1H3;1H3,(H2,2,3,4)/t25-;/m0./s1. The number of carbonyl (C=O) groups excluding carboxylic acids is 3. The van der Waals surface area contributed by atoms with Crippen molar-refractivity contribution >= 4 is 50.2 Å². The molecule has 2 saturated heterocycles. The summed E-state index contributed by atoms with van der Waals surface area (Å²) in [6.45, 7) is 1.25. The van der Waals surface area contributed by atoms with Crippen LogP contribution >= 0.6 is 0 Å². The van der Waals surface area contributed by atoms with Crippen LogP contribution in [-0.4, -0.2) is 77.7 Å². The number of ether oxygens (including phenoxy) is 2. The fraction of sp³-hybridized carbons (Fsp3) is 0.235. The second-order valence-corrected chi connectivity index (χ2v) is 13.8. The number of anilines is 2. The number of halogens is 3. The highest BCUT2D eigenvalue weighted by atomic mass is 32.2. The maximum Gasteiger partial charge on any atom is 0.332 e. The van der Waals surface area contributed by atoms with E-state index in [1.54, 1.807) is 37.3 Å². The predicted octanol–water partition coefficient (Wildman–Crippen LogP) is 4.89. The summed E-state index contributed by atoms with van der Waals surface area (Å²) in [5.41, 5.74) is 8.22. The molecule has 0 spiro atoms. The zero-order chi connectivity index (χ0) is 37.5. The van der Waals surface area contributed by atoms with Crippen molar-refractivity contribution < 1.29 is 45.4 Å². The minimum absolute atomic E-state index is 0.00800. The minimum Gasteiger partial charge on any atom is -0.485 e. The molecule has 52 heavy (non-hydrogen) atoms. The fourth-order valence-electron chi connectivity index (χ4n) is 6.01. The number of H-pyrrole nitrogens is 1. The number of nitrogen functional groups attached to an aromatic ring is 1. The molecule has 0 unspecified atom stereocenters. The quantitative estimate of drug-likeness (QED) is 0.139. The van der Waals surface area contributed by atoms with Gasteiger partial charge in [0.25, 0.3) is 12.3 Å². The molecule has 5 N–H and O–H groups in total. The van der Waals surface area contributed by atoms with Crippen molar-refractivity contribution in [2.24, 2.45) is 5.14 Å². The van der Waals surface area contributed by atoms with Crippen LogP contribution in [0.5, 0.6) is 17.2 Å². The number of urea groups is 1. The lowest BCUT2D eigenvalue weighted by molar-refractivity contribution is -0.119. The van der Waals surface area contributed by atoms with Crippen molar-refractivity contribution in [2.45, 2.75) is 32.2 Å². The number of para-hydroxylation sites is 1.